The third-order valence-corrected chi connectivity index (χ3v) is 4.85. The molecule has 0 spiro atoms. The highest BCUT2D eigenvalue weighted by Crippen LogP contribution is 2.21. The Hall–Kier alpha value is -1.88. The number of nitrogens with two attached hydrogens (primary N) is 1. The molecule has 26 heavy (non-hydrogen) atoms. The standard InChI is InChI=1S/C21H26N2O2.ClH/c1-15-3-2-4-19(13-15)17-7-5-16(6-8-17)14-23-21(24)20(22)18-9-11-25-12-10-18;/h2-8,13,18,20H,9-12,14,22H2,1H3,(H,23,24);1H. The third-order valence-electron chi connectivity index (χ3n) is 4.85. The number of benzene rings is 2. The Morgan fingerprint density at radius 3 is 2.50 bits per heavy atom. The Balaban J connectivity index is 0.00000243. The van der Waals surface area contributed by atoms with E-state index in [-0.39, 0.29) is 24.2 Å². The molecule has 2 aromatic carbocycles. The molecule has 140 valence electrons. The maximum absolute atomic E-state index is 12.3. The van der Waals surface area contributed by atoms with Crippen molar-refractivity contribution in [3.05, 3.63) is 59.7 Å². The minimum Gasteiger partial charge on any atom is -0.381 e. The molecule has 1 aliphatic heterocycles. The van der Waals surface area contributed by atoms with Gasteiger partial charge >= 0.3 is 0 Å². The van der Waals surface area contributed by atoms with Gasteiger partial charge in [0.2, 0.25) is 5.91 Å². The summed E-state index contributed by atoms with van der Waals surface area (Å²) in [7, 11) is 0. The molecule has 1 heterocycles. The van der Waals surface area contributed by atoms with Gasteiger partial charge in [0.1, 0.15) is 0 Å². The van der Waals surface area contributed by atoms with Gasteiger partial charge in [-0.05, 0) is 42.4 Å². The predicted octanol–water partition coefficient (Wildman–Crippen LogP) is 3.45. The monoisotopic (exact) mass is 374 g/mol. The van der Waals surface area contributed by atoms with Crippen LogP contribution in [0.25, 0.3) is 11.1 Å². The van der Waals surface area contributed by atoms with Crippen LogP contribution in [0.4, 0.5) is 0 Å². The smallest absolute Gasteiger partial charge is 0.237 e. The first kappa shape index (κ1) is 20.4. The molecule has 0 aliphatic carbocycles. The Kier molecular flexibility index (Phi) is 7.64. The van der Waals surface area contributed by atoms with Crippen LogP contribution in [0.15, 0.2) is 48.5 Å². The number of aryl methyl sites for hydroxylation is 1. The molecule has 3 rings (SSSR count). The van der Waals surface area contributed by atoms with Gasteiger partial charge in [0.15, 0.2) is 0 Å². The van der Waals surface area contributed by atoms with Crippen LogP contribution >= 0.6 is 12.4 Å². The zero-order chi connectivity index (χ0) is 17.6. The van der Waals surface area contributed by atoms with E-state index >= 15 is 0 Å². The van der Waals surface area contributed by atoms with Gasteiger partial charge in [0.05, 0.1) is 6.04 Å². The second-order valence-electron chi connectivity index (χ2n) is 6.76. The number of nitrogens with one attached hydrogen (secondary N) is 1. The van der Waals surface area contributed by atoms with E-state index in [1.54, 1.807) is 0 Å². The average Bonchev–Trinajstić information content (AvgIpc) is 2.66. The second-order valence-corrected chi connectivity index (χ2v) is 6.76. The third kappa shape index (κ3) is 5.31. The van der Waals surface area contributed by atoms with Gasteiger partial charge in [0.25, 0.3) is 0 Å². The number of rotatable bonds is 5. The minimum atomic E-state index is -0.449. The van der Waals surface area contributed by atoms with E-state index in [1.807, 2.05) is 0 Å². The normalized spacial score (nSPS) is 15.8. The number of carbonyl (C=O) groups excluding carboxylic acids is 1. The van der Waals surface area contributed by atoms with E-state index in [1.165, 1.54) is 16.7 Å². The fourth-order valence-corrected chi connectivity index (χ4v) is 3.24. The average molecular weight is 375 g/mol. The van der Waals surface area contributed by atoms with Crippen LogP contribution in [0.1, 0.15) is 24.0 Å². The molecule has 3 N–H and O–H groups in total. The van der Waals surface area contributed by atoms with Crippen molar-refractivity contribution in [2.24, 2.45) is 11.7 Å². The first-order valence-electron chi connectivity index (χ1n) is 8.90. The number of carbonyl (C=O) groups is 1. The topological polar surface area (TPSA) is 64.4 Å². The summed E-state index contributed by atoms with van der Waals surface area (Å²) >= 11 is 0. The summed E-state index contributed by atoms with van der Waals surface area (Å²) in [6.07, 6.45) is 1.72. The molecular formula is C21H27ClN2O2. The number of ether oxygens (including phenoxy) is 1. The molecule has 0 bridgehead atoms. The van der Waals surface area contributed by atoms with Crippen molar-refractivity contribution in [3.63, 3.8) is 0 Å². The SMILES string of the molecule is Cc1cccc(-c2ccc(CNC(=O)C(N)C3CCOCC3)cc2)c1.Cl. The molecule has 4 nitrogen and oxygen atoms in total. The highest BCUT2D eigenvalue weighted by Gasteiger charge is 2.26. The maximum atomic E-state index is 12.3. The van der Waals surface area contributed by atoms with Crippen molar-refractivity contribution >= 4 is 18.3 Å². The van der Waals surface area contributed by atoms with Crippen molar-refractivity contribution in [1.82, 2.24) is 5.32 Å². The molecule has 2 aromatic rings. The van der Waals surface area contributed by atoms with E-state index in [0.717, 1.165) is 18.4 Å². The zero-order valence-corrected chi connectivity index (χ0v) is 15.9. The molecule has 0 aromatic heterocycles. The summed E-state index contributed by atoms with van der Waals surface area (Å²) in [6.45, 7) is 4.00. The van der Waals surface area contributed by atoms with Gasteiger partial charge in [-0.3, -0.25) is 4.79 Å². The summed E-state index contributed by atoms with van der Waals surface area (Å²) in [5, 5.41) is 2.96. The van der Waals surface area contributed by atoms with Gasteiger partial charge < -0.3 is 15.8 Å². The summed E-state index contributed by atoms with van der Waals surface area (Å²) < 4.78 is 5.33. The van der Waals surface area contributed by atoms with Crippen LogP contribution in [-0.2, 0) is 16.1 Å². The summed E-state index contributed by atoms with van der Waals surface area (Å²) in [4.78, 5) is 12.3. The second kappa shape index (κ2) is 9.72. The van der Waals surface area contributed by atoms with E-state index in [2.05, 4.69) is 60.8 Å². The minimum absolute atomic E-state index is 0. The fraction of sp³-hybridized carbons (Fsp3) is 0.381. The number of hydrogen-bond acceptors (Lipinski definition) is 3. The first-order chi connectivity index (χ1) is 12.1. The lowest BCUT2D eigenvalue weighted by molar-refractivity contribution is -0.124. The summed E-state index contributed by atoms with van der Waals surface area (Å²) in [5.41, 5.74) is 10.8. The largest absolute Gasteiger partial charge is 0.381 e. The lowest BCUT2D eigenvalue weighted by Gasteiger charge is -2.26. The molecule has 1 unspecified atom stereocenters. The van der Waals surface area contributed by atoms with Gasteiger partial charge in [-0.25, -0.2) is 0 Å². The molecular weight excluding hydrogens is 348 g/mol. The summed E-state index contributed by atoms with van der Waals surface area (Å²) in [6, 6.07) is 16.3. The van der Waals surface area contributed by atoms with Crippen molar-refractivity contribution < 1.29 is 9.53 Å². The van der Waals surface area contributed by atoms with Crippen molar-refractivity contribution in [3.8, 4) is 11.1 Å². The molecule has 5 heteroatoms. The van der Waals surface area contributed by atoms with Crippen LogP contribution in [0.5, 0.6) is 0 Å². The molecule has 0 saturated carbocycles. The Bertz CT molecular complexity index is 712. The molecule has 0 radical (unpaired) electrons. The van der Waals surface area contributed by atoms with Crippen LogP contribution in [0.3, 0.4) is 0 Å². The maximum Gasteiger partial charge on any atom is 0.237 e. The number of halogens is 1. The first-order valence-corrected chi connectivity index (χ1v) is 8.90. The highest BCUT2D eigenvalue weighted by molar-refractivity contribution is 5.85. The lowest BCUT2D eigenvalue weighted by Crippen LogP contribution is -2.46. The van der Waals surface area contributed by atoms with Crippen LogP contribution in [0.2, 0.25) is 0 Å². The molecule has 1 fully saturated rings. The Labute approximate surface area is 161 Å². The Morgan fingerprint density at radius 2 is 1.85 bits per heavy atom. The highest BCUT2D eigenvalue weighted by atomic mass is 35.5. The summed E-state index contributed by atoms with van der Waals surface area (Å²) in [5.74, 6) is 0.145. The van der Waals surface area contributed by atoms with Crippen molar-refractivity contribution in [2.45, 2.75) is 32.4 Å². The molecule has 1 amide bonds. The van der Waals surface area contributed by atoms with Crippen LogP contribution in [0, 0.1) is 12.8 Å². The fourth-order valence-electron chi connectivity index (χ4n) is 3.24. The van der Waals surface area contributed by atoms with Gasteiger partial charge in [-0.2, -0.15) is 0 Å². The molecule has 1 atom stereocenters. The van der Waals surface area contributed by atoms with E-state index in [4.69, 9.17) is 10.5 Å². The van der Waals surface area contributed by atoms with Gasteiger partial charge in [0, 0.05) is 19.8 Å². The number of amides is 1. The van der Waals surface area contributed by atoms with Crippen molar-refractivity contribution in [1.29, 1.82) is 0 Å². The van der Waals surface area contributed by atoms with Gasteiger partial charge in [-0.1, -0.05) is 54.1 Å². The van der Waals surface area contributed by atoms with Crippen molar-refractivity contribution in [2.75, 3.05) is 13.2 Å². The molecule has 1 aliphatic rings. The lowest BCUT2D eigenvalue weighted by atomic mass is 9.92. The van der Waals surface area contributed by atoms with Crippen LogP contribution < -0.4 is 11.1 Å². The Morgan fingerprint density at radius 1 is 1.15 bits per heavy atom. The predicted molar refractivity (Wildman–Crippen MR) is 107 cm³/mol. The zero-order valence-electron chi connectivity index (χ0n) is 15.1. The van der Waals surface area contributed by atoms with E-state index in [9.17, 15) is 4.79 Å². The quantitative estimate of drug-likeness (QED) is 0.842. The van der Waals surface area contributed by atoms with Gasteiger partial charge in [-0.15, -0.1) is 12.4 Å². The molecule has 1 saturated heterocycles. The van der Waals surface area contributed by atoms with E-state index in [0.29, 0.717) is 19.8 Å². The van der Waals surface area contributed by atoms with Crippen LogP contribution in [-0.4, -0.2) is 25.2 Å². The van der Waals surface area contributed by atoms with E-state index < -0.39 is 6.04 Å². The number of hydrogen-bond donors (Lipinski definition) is 2.